The standard InChI is InChI=1S/C14H12F2O/c1-9-3-4-13(5-10(9)2)17-14-7-11(15)6-12(16)8-14/h3-8H,1-2H3. The van der Waals surface area contributed by atoms with Gasteiger partial charge in [0.15, 0.2) is 0 Å². The van der Waals surface area contributed by atoms with Crippen molar-refractivity contribution >= 4 is 0 Å². The molecule has 0 aliphatic heterocycles. The van der Waals surface area contributed by atoms with E-state index in [-0.39, 0.29) is 5.75 Å². The van der Waals surface area contributed by atoms with Crippen LogP contribution in [0.2, 0.25) is 0 Å². The summed E-state index contributed by atoms with van der Waals surface area (Å²) in [6.07, 6.45) is 0. The molecule has 88 valence electrons. The Bertz CT molecular complexity index is 530. The van der Waals surface area contributed by atoms with Crippen LogP contribution in [-0.2, 0) is 0 Å². The molecule has 0 unspecified atom stereocenters. The molecule has 0 amide bonds. The molecule has 0 heterocycles. The van der Waals surface area contributed by atoms with Gasteiger partial charge in [-0.2, -0.15) is 0 Å². The van der Waals surface area contributed by atoms with Gasteiger partial charge in [0.25, 0.3) is 0 Å². The van der Waals surface area contributed by atoms with E-state index >= 15 is 0 Å². The summed E-state index contributed by atoms with van der Waals surface area (Å²) in [7, 11) is 0. The molecule has 0 atom stereocenters. The molecule has 17 heavy (non-hydrogen) atoms. The molecule has 0 saturated heterocycles. The summed E-state index contributed by atoms with van der Waals surface area (Å²) in [4.78, 5) is 0. The molecule has 0 bridgehead atoms. The van der Waals surface area contributed by atoms with Crippen molar-refractivity contribution in [3.63, 3.8) is 0 Å². The van der Waals surface area contributed by atoms with Crippen LogP contribution in [0.5, 0.6) is 11.5 Å². The van der Waals surface area contributed by atoms with Gasteiger partial charge in [-0.05, 0) is 37.1 Å². The molecule has 0 aromatic heterocycles. The molecule has 3 heteroatoms. The summed E-state index contributed by atoms with van der Waals surface area (Å²) in [6.45, 7) is 3.94. The summed E-state index contributed by atoms with van der Waals surface area (Å²) >= 11 is 0. The van der Waals surface area contributed by atoms with E-state index in [1.807, 2.05) is 26.0 Å². The molecule has 2 rings (SSSR count). The van der Waals surface area contributed by atoms with Crippen molar-refractivity contribution in [2.45, 2.75) is 13.8 Å². The molecule has 1 nitrogen and oxygen atoms in total. The Balaban J connectivity index is 2.28. The zero-order chi connectivity index (χ0) is 12.4. The molecule has 0 N–H and O–H groups in total. The quantitative estimate of drug-likeness (QED) is 0.749. The maximum absolute atomic E-state index is 13.0. The fourth-order valence-corrected chi connectivity index (χ4v) is 1.50. The Morgan fingerprint density at radius 1 is 0.765 bits per heavy atom. The highest BCUT2D eigenvalue weighted by Crippen LogP contribution is 2.24. The fourth-order valence-electron chi connectivity index (χ4n) is 1.50. The predicted octanol–water partition coefficient (Wildman–Crippen LogP) is 4.37. The van der Waals surface area contributed by atoms with E-state index in [2.05, 4.69) is 0 Å². The number of ether oxygens (including phenoxy) is 1. The SMILES string of the molecule is Cc1ccc(Oc2cc(F)cc(F)c2)cc1C. The first kappa shape index (κ1) is 11.6. The Morgan fingerprint density at radius 3 is 2.00 bits per heavy atom. The van der Waals surface area contributed by atoms with E-state index in [1.165, 1.54) is 0 Å². The van der Waals surface area contributed by atoms with Gasteiger partial charge in [0.05, 0.1) is 0 Å². The van der Waals surface area contributed by atoms with Crippen molar-refractivity contribution < 1.29 is 13.5 Å². The molecule has 2 aromatic rings. The van der Waals surface area contributed by atoms with Crippen LogP contribution in [-0.4, -0.2) is 0 Å². The van der Waals surface area contributed by atoms with Gasteiger partial charge in [0, 0.05) is 18.2 Å². The zero-order valence-electron chi connectivity index (χ0n) is 9.63. The molecule has 2 aromatic carbocycles. The van der Waals surface area contributed by atoms with E-state index in [0.29, 0.717) is 5.75 Å². The van der Waals surface area contributed by atoms with Gasteiger partial charge < -0.3 is 4.74 Å². The fraction of sp³-hybridized carbons (Fsp3) is 0.143. The highest BCUT2D eigenvalue weighted by Gasteiger charge is 2.03. The zero-order valence-corrected chi connectivity index (χ0v) is 9.63. The number of hydrogen-bond donors (Lipinski definition) is 0. The molecule has 0 aliphatic carbocycles. The summed E-state index contributed by atoms with van der Waals surface area (Å²) < 4.78 is 31.3. The first-order valence-electron chi connectivity index (χ1n) is 5.26. The predicted molar refractivity (Wildman–Crippen MR) is 62.3 cm³/mol. The van der Waals surface area contributed by atoms with E-state index in [1.54, 1.807) is 6.07 Å². The van der Waals surface area contributed by atoms with Gasteiger partial charge in [-0.1, -0.05) is 6.07 Å². The van der Waals surface area contributed by atoms with Crippen LogP contribution in [0.3, 0.4) is 0 Å². The summed E-state index contributed by atoms with van der Waals surface area (Å²) in [6, 6.07) is 8.62. The van der Waals surface area contributed by atoms with Crippen LogP contribution < -0.4 is 4.74 Å². The second-order valence-electron chi connectivity index (χ2n) is 3.95. The molecule has 0 aliphatic rings. The summed E-state index contributed by atoms with van der Waals surface area (Å²) in [5.41, 5.74) is 2.21. The topological polar surface area (TPSA) is 9.23 Å². The lowest BCUT2D eigenvalue weighted by Gasteiger charge is -2.08. The molecular formula is C14H12F2O. The lowest BCUT2D eigenvalue weighted by atomic mass is 10.1. The number of halogens is 2. The monoisotopic (exact) mass is 234 g/mol. The minimum absolute atomic E-state index is 0.158. The van der Waals surface area contributed by atoms with Crippen LogP contribution in [0.15, 0.2) is 36.4 Å². The lowest BCUT2D eigenvalue weighted by Crippen LogP contribution is -1.89. The van der Waals surface area contributed by atoms with Crippen LogP contribution in [0, 0.1) is 25.5 Å². The minimum atomic E-state index is -0.649. The smallest absolute Gasteiger partial charge is 0.133 e. The third-order valence-electron chi connectivity index (χ3n) is 2.55. The van der Waals surface area contributed by atoms with Crippen molar-refractivity contribution in [2.24, 2.45) is 0 Å². The second-order valence-corrected chi connectivity index (χ2v) is 3.95. The maximum atomic E-state index is 13.0. The Morgan fingerprint density at radius 2 is 1.41 bits per heavy atom. The van der Waals surface area contributed by atoms with Crippen LogP contribution in [0.25, 0.3) is 0 Å². The van der Waals surface area contributed by atoms with Crippen molar-refractivity contribution in [1.82, 2.24) is 0 Å². The van der Waals surface area contributed by atoms with Gasteiger partial charge in [0.2, 0.25) is 0 Å². The van der Waals surface area contributed by atoms with Crippen molar-refractivity contribution in [3.05, 3.63) is 59.2 Å². The largest absolute Gasteiger partial charge is 0.457 e. The Labute approximate surface area is 98.7 Å². The number of rotatable bonds is 2. The second kappa shape index (κ2) is 4.53. The average Bonchev–Trinajstić information content (AvgIpc) is 2.22. The number of benzene rings is 2. The third-order valence-corrected chi connectivity index (χ3v) is 2.55. The van der Waals surface area contributed by atoms with Crippen molar-refractivity contribution in [1.29, 1.82) is 0 Å². The van der Waals surface area contributed by atoms with Crippen LogP contribution in [0.4, 0.5) is 8.78 Å². The molecule has 0 spiro atoms. The first-order chi connectivity index (χ1) is 8.04. The van der Waals surface area contributed by atoms with Crippen LogP contribution in [0.1, 0.15) is 11.1 Å². The minimum Gasteiger partial charge on any atom is -0.457 e. The molecule has 0 saturated carbocycles. The van der Waals surface area contributed by atoms with Gasteiger partial charge >= 0.3 is 0 Å². The summed E-state index contributed by atoms with van der Waals surface area (Å²) in [5, 5.41) is 0. The first-order valence-corrected chi connectivity index (χ1v) is 5.26. The van der Waals surface area contributed by atoms with E-state index in [9.17, 15) is 8.78 Å². The van der Waals surface area contributed by atoms with Gasteiger partial charge in [-0.15, -0.1) is 0 Å². The molecular weight excluding hydrogens is 222 g/mol. The highest BCUT2D eigenvalue weighted by molar-refractivity contribution is 5.37. The van der Waals surface area contributed by atoms with Crippen molar-refractivity contribution in [2.75, 3.05) is 0 Å². The van der Waals surface area contributed by atoms with E-state index in [4.69, 9.17) is 4.74 Å². The maximum Gasteiger partial charge on any atom is 0.133 e. The Hall–Kier alpha value is -1.90. The van der Waals surface area contributed by atoms with Gasteiger partial charge in [-0.3, -0.25) is 0 Å². The lowest BCUT2D eigenvalue weighted by molar-refractivity contribution is 0.468. The molecule has 0 radical (unpaired) electrons. The highest BCUT2D eigenvalue weighted by atomic mass is 19.1. The van der Waals surface area contributed by atoms with E-state index in [0.717, 1.165) is 29.3 Å². The van der Waals surface area contributed by atoms with E-state index < -0.39 is 11.6 Å². The normalized spacial score (nSPS) is 10.4. The average molecular weight is 234 g/mol. The van der Waals surface area contributed by atoms with Gasteiger partial charge in [0.1, 0.15) is 23.1 Å². The molecule has 0 fully saturated rings. The van der Waals surface area contributed by atoms with Crippen LogP contribution >= 0.6 is 0 Å². The number of aryl methyl sites for hydroxylation is 2. The van der Waals surface area contributed by atoms with Gasteiger partial charge in [-0.25, -0.2) is 8.78 Å². The third kappa shape index (κ3) is 2.81. The number of hydrogen-bond acceptors (Lipinski definition) is 1. The summed E-state index contributed by atoms with van der Waals surface area (Å²) in [5.74, 6) is -0.573. The van der Waals surface area contributed by atoms with Crippen molar-refractivity contribution in [3.8, 4) is 11.5 Å². The Kier molecular flexibility index (Phi) is 3.09.